The molecule has 8 nitrogen and oxygen atoms in total. The van der Waals surface area contributed by atoms with Gasteiger partial charge in [-0.05, 0) is 67.1 Å². The van der Waals surface area contributed by atoms with Gasteiger partial charge in [-0.3, -0.25) is 5.43 Å². The van der Waals surface area contributed by atoms with Gasteiger partial charge in [0.2, 0.25) is 0 Å². The van der Waals surface area contributed by atoms with E-state index >= 15 is 0 Å². The number of benzene rings is 3. The van der Waals surface area contributed by atoms with Crippen molar-refractivity contribution in [2.45, 2.75) is 11.8 Å². The summed E-state index contributed by atoms with van der Waals surface area (Å²) in [5, 5.41) is 13.0. The zero-order valence-electron chi connectivity index (χ0n) is 16.8. The molecule has 0 unspecified atom stereocenters. The smallest absolute Gasteiger partial charge is 0.339 e. The van der Waals surface area contributed by atoms with Gasteiger partial charge in [0.05, 0.1) is 24.6 Å². The summed E-state index contributed by atoms with van der Waals surface area (Å²) in [6.45, 7) is 1.86. The van der Waals surface area contributed by atoms with Crippen LogP contribution in [0.1, 0.15) is 21.5 Å². The molecule has 0 aromatic heterocycles. The normalized spacial score (nSPS) is 11.3. The van der Waals surface area contributed by atoms with Gasteiger partial charge in [-0.1, -0.05) is 17.7 Å². The first kappa shape index (κ1) is 21.8. The minimum absolute atomic E-state index is 0.0453. The average Bonchev–Trinajstić information content (AvgIpc) is 2.75. The van der Waals surface area contributed by atoms with Crippen molar-refractivity contribution < 1.29 is 27.2 Å². The van der Waals surface area contributed by atoms with Gasteiger partial charge in [0.1, 0.15) is 4.90 Å². The number of carboxylic acid groups (broad SMARTS) is 1. The van der Waals surface area contributed by atoms with Gasteiger partial charge in [-0.15, -0.1) is 0 Å². The highest BCUT2D eigenvalue weighted by atomic mass is 32.2. The Balaban J connectivity index is 1.72. The molecule has 0 atom stereocenters. The number of nitrogens with one attached hydrogen (secondary N) is 1. The van der Waals surface area contributed by atoms with E-state index in [-0.39, 0.29) is 22.0 Å². The third-order valence-electron chi connectivity index (χ3n) is 4.24. The maximum atomic E-state index is 12.5. The maximum Gasteiger partial charge on any atom is 0.339 e. The summed E-state index contributed by atoms with van der Waals surface area (Å²) in [4.78, 5) is 10.9. The predicted molar refractivity (Wildman–Crippen MR) is 117 cm³/mol. The van der Waals surface area contributed by atoms with Gasteiger partial charge in [0.15, 0.2) is 11.5 Å². The Morgan fingerprint density at radius 1 is 1.00 bits per heavy atom. The molecule has 3 aromatic carbocycles. The van der Waals surface area contributed by atoms with Crippen molar-refractivity contribution in [3.8, 4) is 11.5 Å². The molecule has 0 radical (unpaired) electrons. The number of aromatic carboxylic acids is 1. The first-order valence-electron chi connectivity index (χ1n) is 9.10. The molecule has 0 saturated heterocycles. The lowest BCUT2D eigenvalue weighted by Gasteiger charge is -2.11. The number of hydrogen-bond acceptors (Lipinski definition) is 7. The zero-order chi connectivity index (χ0) is 22.4. The summed E-state index contributed by atoms with van der Waals surface area (Å²) in [5.74, 6) is -0.725. The molecule has 3 rings (SSSR count). The summed E-state index contributed by atoms with van der Waals surface area (Å²) < 4.78 is 35.5. The number of ether oxygens (including phenoxy) is 1. The van der Waals surface area contributed by atoms with Crippen LogP contribution in [0.5, 0.6) is 11.5 Å². The minimum atomic E-state index is -4.01. The molecule has 3 aromatic rings. The van der Waals surface area contributed by atoms with Crippen molar-refractivity contribution in [1.82, 2.24) is 0 Å². The molecule has 9 heteroatoms. The van der Waals surface area contributed by atoms with Crippen LogP contribution in [0.2, 0.25) is 0 Å². The van der Waals surface area contributed by atoms with Crippen LogP contribution in [-0.4, -0.2) is 32.8 Å². The first-order chi connectivity index (χ1) is 14.8. The van der Waals surface area contributed by atoms with Crippen molar-refractivity contribution in [3.63, 3.8) is 0 Å². The number of aryl methyl sites for hydroxylation is 1. The number of rotatable bonds is 8. The minimum Gasteiger partial charge on any atom is -0.493 e. The Hall–Kier alpha value is -3.85. The van der Waals surface area contributed by atoms with Crippen LogP contribution in [0.4, 0.5) is 5.69 Å². The summed E-state index contributed by atoms with van der Waals surface area (Å²) in [7, 11) is -2.60. The van der Waals surface area contributed by atoms with Crippen LogP contribution in [-0.2, 0) is 10.1 Å². The third kappa shape index (κ3) is 5.61. The Bertz CT molecular complexity index is 1200. The van der Waals surface area contributed by atoms with Crippen LogP contribution in [0.15, 0.2) is 76.7 Å². The highest BCUT2D eigenvalue weighted by Crippen LogP contribution is 2.30. The predicted octanol–water partition coefficient (Wildman–Crippen LogP) is 3.92. The van der Waals surface area contributed by atoms with E-state index in [9.17, 15) is 13.2 Å². The molecular weight excluding hydrogens is 420 g/mol. The third-order valence-corrected chi connectivity index (χ3v) is 5.48. The lowest BCUT2D eigenvalue weighted by atomic mass is 10.2. The topological polar surface area (TPSA) is 114 Å². The van der Waals surface area contributed by atoms with E-state index in [1.54, 1.807) is 36.4 Å². The molecule has 0 bridgehead atoms. The second-order valence-electron chi connectivity index (χ2n) is 6.51. The van der Waals surface area contributed by atoms with Gasteiger partial charge < -0.3 is 14.0 Å². The number of hydrogen-bond donors (Lipinski definition) is 2. The van der Waals surface area contributed by atoms with Gasteiger partial charge >= 0.3 is 16.1 Å². The summed E-state index contributed by atoms with van der Waals surface area (Å²) in [6.07, 6.45) is 1.51. The van der Waals surface area contributed by atoms with Gasteiger partial charge in [-0.2, -0.15) is 13.5 Å². The van der Waals surface area contributed by atoms with E-state index in [0.29, 0.717) is 11.3 Å². The van der Waals surface area contributed by atoms with Crippen LogP contribution >= 0.6 is 0 Å². The van der Waals surface area contributed by atoms with Crippen molar-refractivity contribution in [2.75, 3.05) is 12.5 Å². The van der Waals surface area contributed by atoms with E-state index < -0.39 is 16.1 Å². The van der Waals surface area contributed by atoms with Crippen LogP contribution in [0, 0.1) is 6.92 Å². The fraction of sp³-hybridized carbons (Fsp3) is 0.0909. The van der Waals surface area contributed by atoms with Gasteiger partial charge in [0, 0.05) is 0 Å². The number of nitrogens with zero attached hydrogens (tertiary/aromatic N) is 1. The van der Waals surface area contributed by atoms with Crippen molar-refractivity contribution in [1.29, 1.82) is 0 Å². The van der Waals surface area contributed by atoms with E-state index in [1.165, 1.54) is 43.7 Å². The second-order valence-corrected chi connectivity index (χ2v) is 8.06. The molecule has 31 heavy (non-hydrogen) atoms. The van der Waals surface area contributed by atoms with Gasteiger partial charge in [-0.25, -0.2) is 4.79 Å². The molecule has 0 aliphatic rings. The molecule has 0 heterocycles. The highest BCUT2D eigenvalue weighted by molar-refractivity contribution is 7.87. The van der Waals surface area contributed by atoms with Crippen LogP contribution in [0.25, 0.3) is 0 Å². The molecule has 0 saturated carbocycles. The van der Waals surface area contributed by atoms with Crippen LogP contribution < -0.4 is 14.3 Å². The average molecular weight is 440 g/mol. The number of carboxylic acids is 1. The molecule has 2 N–H and O–H groups in total. The Morgan fingerprint density at radius 2 is 1.68 bits per heavy atom. The lowest BCUT2D eigenvalue weighted by Crippen LogP contribution is -2.10. The quantitative estimate of drug-likeness (QED) is 0.310. The Kier molecular flexibility index (Phi) is 6.56. The molecule has 0 amide bonds. The van der Waals surface area contributed by atoms with Crippen molar-refractivity contribution >= 4 is 28.0 Å². The second kappa shape index (κ2) is 9.31. The molecule has 0 spiro atoms. The number of hydrazone groups is 1. The Labute approximate surface area is 179 Å². The molecular formula is C22H20N2O6S. The van der Waals surface area contributed by atoms with Crippen molar-refractivity contribution in [2.24, 2.45) is 5.10 Å². The SMILES string of the molecule is COc1cc(C=NNc2ccc(C(=O)O)cc2)ccc1OS(=O)(=O)c1ccc(C)cc1. The van der Waals surface area contributed by atoms with E-state index in [0.717, 1.165) is 5.56 Å². The molecule has 160 valence electrons. The number of anilines is 1. The lowest BCUT2D eigenvalue weighted by molar-refractivity contribution is 0.0697. The molecule has 0 aliphatic carbocycles. The molecule has 0 aliphatic heterocycles. The highest BCUT2D eigenvalue weighted by Gasteiger charge is 2.19. The number of carbonyl (C=O) groups is 1. The summed E-state index contributed by atoms with van der Waals surface area (Å²) in [6, 6.07) is 17.1. The van der Waals surface area contributed by atoms with Crippen molar-refractivity contribution in [3.05, 3.63) is 83.4 Å². The Morgan fingerprint density at radius 3 is 2.29 bits per heavy atom. The number of methoxy groups -OCH3 is 1. The van der Waals surface area contributed by atoms with Crippen LogP contribution in [0.3, 0.4) is 0 Å². The van der Waals surface area contributed by atoms with E-state index in [4.69, 9.17) is 14.0 Å². The first-order valence-corrected chi connectivity index (χ1v) is 10.5. The summed E-state index contributed by atoms with van der Waals surface area (Å²) >= 11 is 0. The monoisotopic (exact) mass is 440 g/mol. The largest absolute Gasteiger partial charge is 0.493 e. The summed E-state index contributed by atoms with van der Waals surface area (Å²) in [5.41, 5.74) is 5.14. The zero-order valence-corrected chi connectivity index (χ0v) is 17.6. The maximum absolute atomic E-state index is 12.5. The fourth-order valence-corrected chi connectivity index (χ4v) is 3.51. The standard InChI is InChI=1S/C22H20N2O6S/c1-15-3-10-19(11-4-15)31(27,28)30-20-12-5-16(13-21(20)29-2)14-23-24-18-8-6-17(7-9-18)22(25)26/h3-14,24H,1-2H3,(H,25,26). The van der Waals surface area contributed by atoms with Gasteiger partial charge in [0.25, 0.3) is 0 Å². The van der Waals surface area contributed by atoms with E-state index in [2.05, 4.69) is 10.5 Å². The fourth-order valence-electron chi connectivity index (χ4n) is 2.57. The molecule has 0 fully saturated rings. The van der Waals surface area contributed by atoms with E-state index in [1.807, 2.05) is 6.92 Å².